The summed E-state index contributed by atoms with van der Waals surface area (Å²) in [6, 6.07) is 12.2. The first-order valence-corrected chi connectivity index (χ1v) is 8.90. The molecule has 0 bridgehead atoms. The van der Waals surface area contributed by atoms with Crippen LogP contribution in [0.4, 0.5) is 18.0 Å². The lowest BCUT2D eigenvalue weighted by Gasteiger charge is -2.14. The van der Waals surface area contributed by atoms with Crippen LogP contribution in [0.3, 0.4) is 0 Å². The first kappa shape index (κ1) is 22.1. The number of alkyl halides is 3. The smallest absolute Gasteiger partial charge is 0.465 e. The van der Waals surface area contributed by atoms with Crippen molar-refractivity contribution in [2.45, 2.75) is 32.2 Å². The molecule has 1 unspecified atom stereocenters. The second-order valence-electron chi connectivity index (χ2n) is 6.22. The summed E-state index contributed by atoms with van der Waals surface area (Å²) in [4.78, 5) is 22.6. The molecule has 9 heteroatoms. The minimum Gasteiger partial charge on any atom is -0.465 e. The maximum Gasteiger partial charge on any atom is 0.573 e. The van der Waals surface area contributed by atoms with E-state index in [1.165, 1.54) is 24.3 Å². The summed E-state index contributed by atoms with van der Waals surface area (Å²) in [5.41, 5.74) is 2.52. The van der Waals surface area contributed by atoms with Crippen LogP contribution in [0.2, 0.25) is 0 Å². The lowest BCUT2D eigenvalue weighted by molar-refractivity contribution is -0.274. The van der Waals surface area contributed by atoms with Gasteiger partial charge in [0.2, 0.25) is 5.91 Å². The Morgan fingerprint density at radius 1 is 1.03 bits per heavy atom. The van der Waals surface area contributed by atoms with Gasteiger partial charge >= 0.3 is 12.5 Å². The second kappa shape index (κ2) is 9.81. The van der Waals surface area contributed by atoms with Crippen molar-refractivity contribution >= 4 is 12.0 Å². The molecule has 0 aliphatic rings. The third-order valence-corrected chi connectivity index (χ3v) is 4.11. The minimum absolute atomic E-state index is 0.281. The Balaban J connectivity index is 1.88. The fourth-order valence-corrected chi connectivity index (χ4v) is 2.67. The Hall–Kier alpha value is -3.23. The van der Waals surface area contributed by atoms with Gasteiger partial charge in [-0.2, -0.15) is 0 Å². The largest absolute Gasteiger partial charge is 0.573 e. The highest BCUT2D eigenvalue weighted by molar-refractivity contribution is 5.85. The molecular formula is C20H21F3N2O4. The monoisotopic (exact) mass is 410 g/mol. The van der Waals surface area contributed by atoms with E-state index in [4.69, 9.17) is 5.11 Å². The number of halogens is 3. The fraction of sp³-hybridized carbons (Fsp3) is 0.300. The highest BCUT2D eigenvalue weighted by Gasteiger charge is 2.30. The molecule has 0 saturated heterocycles. The highest BCUT2D eigenvalue weighted by Crippen LogP contribution is 2.26. The summed E-state index contributed by atoms with van der Waals surface area (Å²) >= 11 is 0. The number of amides is 2. The van der Waals surface area contributed by atoms with Crippen LogP contribution in [0.1, 0.15) is 18.9 Å². The van der Waals surface area contributed by atoms with E-state index in [0.717, 1.165) is 16.7 Å². The molecule has 0 radical (unpaired) electrons. The van der Waals surface area contributed by atoms with Crippen molar-refractivity contribution in [3.8, 4) is 16.9 Å². The molecule has 0 aliphatic heterocycles. The molecule has 3 N–H and O–H groups in total. The number of nitrogens with one attached hydrogen (secondary N) is 2. The Morgan fingerprint density at radius 3 is 2.07 bits per heavy atom. The Morgan fingerprint density at radius 2 is 1.59 bits per heavy atom. The number of ether oxygens (including phenoxy) is 1. The van der Waals surface area contributed by atoms with Crippen LogP contribution in [0, 0.1) is 0 Å². The summed E-state index contributed by atoms with van der Waals surface area (Å²) in [5, 5.41) is 13.5. The number of carboxylic acid groups (broad SMARTS) is 1. The zero-order chi connectivity index (χ0) is 21.4. The number of benzene rings is 2. The molecule has 6 nitrogen and oxygen atoms in total. The van der Waals surface area contributed by atoms with Crippen molar-refractivity contribution in [3.63, 3.8) is 0 Å². The van der Waals surface area contributed by atoms with E-state index in [2.05, 4.69) is 15.4 Å². The Kier molecular flexibility index (Phi) is 7.46. The number of rotatable bonds is 8. The van der Waals surface area contributed by atoms with E-state index < -0.39 is 18.5 Å². The first-order valence-electron chi connectivity index (χ1n) is 8.90. The summed E-state index contributed by atoms with van der Waals surface area (Å²) in [7, 11) is 0. The van der Waals surface area contributed by atoms with Gasteiger partial charge in [-0.3, -0.25) is 4.79 Å². The molecule has 0 fully saturated rings. The number of hydrogen-bond donors (Lipinski definition) is 3. The van der Waals surface area contributed by atoms with Crippen molar-refractivity contribution in [2.24, 2.45) is 0 Å². The zero-order valence-electron chi connectivity index (χ0n) is 15.6. The average Bonchev–Trinajstić information content (AvgIpc) is 2.66. The van der Waals surface area contributed by atoms with E-state index in [1.807, 2.05) is 24.3 Å². The Bertz CT molecular complexity index is 821. The maximum atomic E-state index is 12.2. The van der Waals surface area contributed by atoms with Gasteiger partial charge in [0.25, 0.3) is 0 Å². The van der Waals surface area contributed by atoms with Gasteiger partial charge in [0, 0.05) is 6.54 Å². The molecule has 0 spiro atoms. The van der Waals surface area contributed by atoms with E-state index in [0.29, 0.717) is 19.4 Å². The third-order valence-electron chi connectivity index (χ3n) is 4.11. The molecule has 0 aromatic heterocycles. The van der Waals surface area contributed by atoms with Crippen LogP contribution in [0.25, 0.3) is 11.1 Å². The van der Waals surface area contributed by atoms with Gasteiger partial charge in [0.1, 0.15) is 11.8 Å². The lowest BCUT2D eigenvalue weighted by Crippen LogP contribution is -2.46. The summed E-state index contributed by atoms with van der Waals surface area (Å²) in [5.74, 6) is -0.663. The third kappa shape index (κ3) is 7.36. The molecule has 29 heavy (non-hydrogen) atoms. The topological polar surface area (TPSA) is 87.7 Å². The molecule has 2 amide bonds. The normalized spacial score (nSPS) is 12.1. The zero-order valence-corrected chi connectivity index (χ0v) is 15.6. The molecule has 0 aliphatic carbocycles. The molecule has 2 aromatic rings. The van der Waals surface area contributed by atoms with Crippen molar-refractivity contribution in [2.75, 3.05) is 6.54 Å². The Labute approximate surface area is 165 Å². The predicted molar refractivity (Wildman–Crippen MR) is 101 cm³/mol. The molecule has 2 aromatic carbocycles. The van der Waals surface area contributed by atoms with Crippen molar-refractivity contribution in [3.05, 3.63) is 54.1 Å². The van der Waals surface area contributed by atoms with Gasteiger partial charge in [-0.05, 0) is 41.7 Å². The first-order chi connectivity index (χ1) is 13.7. The van der Waals surface area contributed by atoms with Crippen LogP contribution >= 0.6 is 0 Å². The van der Waals surface area contributed by atoms with Crippen LogP contribution in [-0.4, -0.2) is 36.1 Å². The van der Waals surface area contributed by atoms with E-state index >= 15 is 0 Å². The van der Waals surface area contributed by atoms with Gasteiger partial charge in [-0.15, -0.1) is 13.2 Å². The van der Waals surface area contributed by atoms with Crippen LogP contribution in [0.15, 0.2) is 48.5 Å². The van der Waals surface area contributed by atoms with Crippen molar-refractivity contribution in [1.82, 2.24) is 10.6 Å². The number of hydrogen-bond acceptors (Lipinski definition) is 3. The van der Waals surface area contributed by atoms with E-state index in [-0.39, 0.29) is 11.7 Å². The van der Waals surface area contributed by atoms with Gasteiger partial charge in [-0.25, -0.2) is 4.79 Å². The standard InChI is InChI=1S/C20H21F3N2O4/c1-2-17(25-19(27)28)18(26)24-12-11-13-3-5-14(6-4-13)15-7-9-16(10-8-15)29-20(21,22)23/h3-10,17,25H,2,11-12H2,1H3,(H,24,26)(H,27,28). The molecule has 0 saturated carbocycles. The number of carbonyl (C=O) groups excluding carboxylic acids is 1. The van der Waals surface area contributed by atoms with E-state index in [9.17, 15) is 22.8 Å². The minimum atomic E-state index is -4.72. The predicted octanol–water partition coefficient (Wildman–Crippen LogP) is 3.96. The summed E-state index contributed by atoms with van der Waals surface area (Å²) < 4.78 is 40.5. The summed E-state index contributed by atoms with van der Waals surface area (Å²) in [6.45, 7) is 2.06. The molecule has 1 atom stereocenters. The fourth-order valence-electron chi connectivity index (χ4n) is 2.67. The van der Waals surface area contributed by atoms with E-state index in [1.54, 1.807) is 6.92 Å². The summed E-state index contributed by atoms with van der Waals surface area (Å²) in [6.07, 6.45) is -5.08. The van der Waals surface area contributed by atoms with Gasteiger partial charge in [0.05, 0.1) is 0 Å². The second-order valence-corrected chi connectivity index (χ2v) is 6.22. The van der Waals surface area contributed by atoms with Gasteiger partial charge in [-0.1, -0.05) is 43.3 Å². The van der Waals surface area contributed by atoms with Crippen LogP contribution in [-0.2, 0) is 11.2 Å². The van der Waals surface area contributed by atoms with Crippen LogP contribution in [0.5, 0.6) is 5.75 Å². The molecule has 0 heterocycles. The van der Waals surface area contributed by atoms with Gasteiger partial charge < -0.3 is 20.5 Å². The van der Waals surface area contributed by atoms with Gasteiger partial charge in [0.15, 0.2) is 0 Å². The van der Waals surface area contributed by atoms with Crippen molar-refractivity contribution < 1.29 is 32.6 Å². The average molecular weight is 410 g/mol. The SMILES string of the molecule is CCC(NC(=O)O)C(=O)NCCc1ccc(-c2ccc(OC(F)(F)F)cc2)cc1. The molecule has 2 rings (SSSR count). The maximum absolute atomic E-state index is 12.2. The lowest BCUT2D eigenvalue weighted by atomic mass is 10.0. The number of carbonyl (C=O) groups is 2. The quantitative estimate of drug-likeness (QED) is 0.615. The molecular weight excluding hydrogens is 389 g/mol. The molecule has 156 valence electrons. The van der Waals surface area contributed by atoms with Crippen LogP contribution < -0.4 is 15.4 Å². The van der Waals surface area contributed by atoms with Crippen molar-refractivity contribution in [1.29, 1.82) is 0 Å². The highest BCUT2D eigenvalue weighted by atomic mass is 19.4.